The average Bonchev–Trinajstić information content (AvgIpc) is 1.61. The molecule has 0 aliphatic heterocycles. The maximum absolute atomic E-state index is 7.91. The molecule has 6 heavy (non-hydrogen) atoms. The van der Waals surface area contributed by atoms with Crippen LogP contribution in [0.3, 0.4) is 0 Å². The zero-order valence-electron chi connectivity index (χ0n) is 3.52. The molecule has 0 saturated carbocycles. The van der Waals surface area contributed by atoms with Crippen molar-refractivity contribution in [1.82, 2.24) is 0 Å². The number of thiol groups is 1. The van der Waals surface area contributed by atoms with Crippen LogP contribution in [0.4, 0.5) is 0 Å². The largest absolute Gasteiger partial charge is 0.198 e. The lowest BCUT2D eigenvalue weighted by Gasteiger charge is -1.76. The van der Waals surface area contributed by atoms with Crippen molar-refractivity contribution in [2.75, 3.05) is 5.75 Å². The lowest BCUT2D eigenvalue weighted by atomic mass is 10.4. The first kappa shape index (κ1) is 5.84. The van der Waals surface area contributed by atoms with Crippen molar-refractivity contribution in [3.8, 4) is 6.07 Å². The van der Waals surface area contributed by atoms with Crippen LogP contribution in [0.5, 0.6) is 0 Å². The molecule has 0 amide bonds. The van der Waals surface area contributed by atoms with Gasteiger partial charge >= 0.3 is 0 Å². The molecular formula is C4H7NS. The van der Waals surface area contributed by atoms with Crippen LogP contribution in [0.1, 0.15) is 12.8 Å². The van der Waals surface area contributed by atoms with Gasteiger partial charge in [-0.25, -0.2) is 0 Å². The van der Waals surface area contributed by atoms with Crippen molar-refractivity contribution in [2.45, 2.75) is 12.8 Å². The van der Waals surface area contributed by atoms with Crippen molar-refractivity contribution in [1.29, 1.82) is 5.26 Å². The molecule has 0 fully saturated rings. The first-order valence-electron chi connectivity index (χ1n) is 1.89. The highest BCUT2D eigenvalue weighted by molar-refractivity contribution is 7.80. The maximum atomic E-state index is 7.91. The summed E-state index contributed by atoms with van der Waals surface area (Å²) in [4.78, 5) is 0. The summed E-state index contributed by atoms with van der Waals surface area (Å²) >= 11 is 3.90. The molecule has 1 nitrogen and oxygen atoms in total. The fourth-order valence-corrected chi connectivity index (χ4v) is 0.316. The topological polar surface area (TPSA) is 23.8 Å². The van der Waals surface area contributed by atoms with Gasteiger partial charge in [0.05, 0.1) is 6.07 Å². The summed E-state index contributed by atoms with van der Waals surface area (Å²) in [6.45, 7) is 0. The minimum atomic E-state index is 0.642. The number of nitriles is 1. The molecule has 0 aliphatic carbocycles. The van der Waals surface area contributed by atoms with E-state index in [4.69, 9.17) is 5.26 Å². The Bertz CT molecular complexity index is 55.1. The molecule has 0 atom stereocenters. The van der Waals surface area contributed by atoms with Gasteiger partial charge < -0.3 is 0 Å². The molecule has 0 bridgehead atoms. The number of hydrogen-bond acceptors (Lipinski definition) is 2. The summed E-state index contributed by atoms with van der Waals surface area (Å²) in [7, 11) is 0. The predicted octanol–water partition coefficient (Wildman–Crippen LogP) is 1.22. The standard InChI is InChI=1S/C4H7NS/c5-3-1-2-4-6/h6H,1-2,4H2. The predicted molar refractivity (Wildman–Crippen MR) is 28.7 cm³/mol. The Kier molecular flexibility index (Phi) is 4.71. The van der Waals surface area contributed by atoms with Crippen LogP contribution in [0.25, 0.3) is 0 Å². The summed E-state index contributed by atoms with van der Waals surface area (Å²) < 4.78 is 0. The van der Waals surface area contributed by atoms with Crippen molar-refractivity contribution in [2.24, 2.45) is 0 Å². The van der Waals surface area contributed by atoms with Gasteiger partial charge in [-0.2, -0.15) is 17.9 Å². The monoisotopic (exact) mass is 101 g/mol. The molecule has 0 aromatic rings. The molecule has 0 unspecified atom stereocenters. The molecule has 0 aromatic heterocycles. The van der Waals surface area contributed by atoms with Gasteiger partial charge in [-0.3, -0.25) is 0 Å². The third kappa shape index (κ3) is 3.84. The Labute approximate surface area is 43.4 Å². The van der Waals surface area contributed by atoms with Gasteiger partial charge in [0.25, 0.3) is 0 Å². The first-order valence-corrected chi connectivity index (χ1v) is 2.53. The van der Waals surface area contributed by atoms with E-state index >= 15 is 0 Å². The summed E-state index contributed by atoms with van der Waals surface area (Å²) in [5.41, 5.74) is 0. The molecule has 0 spiro atoms. The van der Waals surface area contributed by atoms with Crippen LogP contribution in [0.2, 0.25) is 0 Å². The van der Waals surface area contributed by atoms with Gasteiger partial charge in [-0.15, -0.1) is 0 Å². The second-order valence-corrected chi connectivity index (χ2v) is 1.43. The highest BCUT2D eigenvalue weighted by Crippen LogP contribution is 1.86. The highest BCUT2D eigenvalue weighted by atomic mass is 32.1. The van der Waals surface area contributed by atoms with Crippen molar-refractivity contribution in [3.05, 3.63) is 0 Å². The van der Waals surface area contributed by atoms with Gasteiger partial charge in [-0.1, -0.05) is 0 Å². The van der Waals surface area contributed by atoms with E-state index in [-0.39, 0.29) is 0 Å². The Balaban J connectivity index is 2.54. The fraction of sp³-hybridized carbons (Fsp3) is 0.750. The SMILES string of the molecule is N#CCCCS. The Morgan fingerprint density at radius 1 is 1.67 bits per heavy atom. The molecule has 0 aromatic carbocycles. The van der Waals surface area contributed by atoms with E-state index in [2.05, 4.69) is 12.6 Å². The molecule has 0 saturated heterocycles. The van der Waals surface area contributed by atoms with Gasteiger partial charge in [0.15, 0.2) is 0 Å². The van der Waals surface area contributed by atoms with E-state index < -0.39 is 0 Å². The minimum Gasteiger partial charge on any atom is -0.198 e. The quantitative estimate of drug-likeness (QED) is 0.410. The van der Waals surface area contributed by atoms with Crippen LogP contribution in [-0.2, 0) is 0 Å². The lowest BCUT2D eigenvalue weighted by molar-refractivity contribution is 0.985. The number of hydrogen-bond donors (Lipinski definition) is 1. The minimum absolute atomic E-state index is 0.642. The molecular weight excluding hydrogens is 94.1 g/mol. The summed E-state index contributed by atoms with van der Waals surface area (Å²) in [6, 6.07) is 2.02. The number of rotatable bonds is 2. The number of nitrogens with zero attached hydrogens (tertiary/aromatic N) is 1. The van der Waals surface area contributed by atoms with E-state index in [9.17, 15) is 0 Å². The van der Waals surface area contributed by atoms with E-state index in [1.807, 2.05) is 6.07 Å². The van der Waals surface area contributed by atoms with Crippen LogP contribution in [-0.4, -0.2) is 5.75 Å². The molecule has 34 valence electrons. The van der Waals surface area contributed by atoms with Crippen molar-refractivity contribution < 1.29 is 0 Å². The van der Waals surface area contributed by atoms with Crippen LogP contribution in [0, 0.1) is 11.3 Å². The van der Waals surface area contributed by atoms with Gasteiger partial charge in [0.1, 0.15) is 0 Å². The van der Waals surface area contributed by atoms with E-state index in [0.717, 1.165) is 12.2 Å². The normalized spacial score (nSPS) is 7.33. The van der Waals surface area contributed by atoms with Crippen molar-refractivity contribution >= 4 is 12.6 Å². The van der Waals surface area contributed by atoms with Gasteiger partial charge in [0.2, 0.25) is 0 Å². The Morgan fingerprint density at radius 3 is 2.50 bits per heavy atom. The summed E-state index contributed by atoms with van der Waals surface area (Å²) in [6.07, 6.45) is 1.56. The second-order valence-electron chi connectivity index (χ2n) is 0.985. The van der Waals surface area contributed by atoms with Crippen LogP contribution in [0.15, 0.2) is 0 Å². The van der Waals surface area contributed by atoms with Gasteiger partial charge in [-0.05, 0) is 12.2 Å². The van der Waals surface area contributed by atoms with Crippen molar-refractivity contribution in [3.63, 3.8) is 0 Å². The lowest BCUT2D eigenvalue weighted by Crippen LogP contribution is -1.68. The zero-order valence-corrected chi connectivity index (χ0v) is 4.41. The maximum Gasteiger partial charge on any atom is 0.0622 e. The Morgan fingerprint density at radius 2 is 2.33 bits per heavy atom. The fourth-order valence-electron chi connectivity index (χ4n) is 0.158. The summed E-state index contributed by atoms with van der Waals surface area (Å²) in [5.74, 6) is 0.827. The highest BCUT2D eigenvalue weighted by Gasteiger charge is 1.74. The average molecular weight is 101 g/mol. The zero-order chi connectivity index (χ0) is 4.83. The first-order chi connectivity index (χ1) is 2.91. The summed E-state index contributed by atoms with van der Waals surface area (Å²) in [5, 5.41) is 7.91. The smallest absolute Gasteiger partial charge is 0.0622 e. The van der Waals surface area contributed by atoms with E-state index in [1.165, 1.54) is 0 Å². The second kappa shape index (κ2) is 4.84. The molecule has 2 heteroatoms. The van der Waals surface area contributed by atoms with E-state index in [0.29, 0.717) is 6.42 Å². The van der Waals surface area contributed by atoms with Crippen LogP contribution >= 0.6 is 12.6 Å². The molecule has 0 radical (unpaired) electrons. The number of unbranched alkanes of at least 4 members (excludes halogenated alkanes) is 1. The third-order valence-electron chi connectivity index (χ3n) is 0.447. The van der Waals surface area contributed by atoms with Crippen LogP contribution < -0.4 is 0 Å². The van der Waals surface area contributed by atoms with Gasteiger partial charge in [0, 0.05) is 6.42 Å². The molecule has 0 aliphatic rings. The van der Waals surface area contributed by atoms with E-state index in [1.54, 1.807) is 0 Å². The Hall–Kier alpha value is -0.160. The molecule has 0 N–H and O–H groups in total. The molecule has 0 heterocycles. The third-order valence-corrected chi connectivity index (χ3v) is 0.763. The molecule has 0 rings (SSSR count).